The fourth-order valence-corrected chi connectivity index (χ4v) is 3.14. The summed E-state index contributed by atoms with van der Waals surface area (Å²) >= 11 is 0. The number of H-pyrrole nitrogens is 1. The maximum absolute atomic E-state index is 11.6. The average molecular weight is 348 g/mol. The van der Waals surface area contributed by atoms with Crippen molar-refractivity contribution < 1.29 is 19.4 Å². The van der Waals surface area contributed by atoms with Crippen LogP contribution in [0.2, 0.25) is 0 Å². The van der Waals surface area contributed by atoms with Crippen LogP contribution in [0.15, 0.2) is 54.7 Å². The number of fused-ring (bicyclic) bond motifs is 3. The van der Waals surface area contributed by atoms with Crippen LogP contribution in [-0.4, -0.2) is 28.2 Å². The topological polar surface area (TPSA) is 84.4 Å². The molecule has 0 amide bonds. The average Bonchev–Trinajstić information content (AvgIpc) is 3.03. The smallest absolute Gasteiger partial charge is 0.354 e. The first-order chi connectivity index (χ1) is 12.7. The minimum absolute atomic E-state index is 0.0187. The van der Waals surface area contributed by atoms with Gasteiger partial charge < -0.3 is 19.6 Å². The van der Waals surface area contributed by atoms with E-state index >= 15 is 0 Å². The second-order valence-electron chi connectivity index (χ2n) is 5.83. The Balaban J connectivity index is 2.02. The van der Waals surface area contributed by atoms with E-state index in [-0.39, 0.29) is 12.3 Å². The molecule has 0 fully saturated rings. The zero-order valence-corrected chi connectivity index (χ0v) is 14.0. The molecule has 0 aliphatic rings. The number of carboxylic acid groups (broad SMARTS) is 1. The van der Waals surface area contributed by atoms with Gasteiger partial charge in [0, 0.05) is 18.1 Å². The third-order valence-corrected chi connectivity index (χ3v) is 4.19. The molecule has 0 aliphatic carbocycles. The van der Waals surface area contributed by atoms with Crippen LogP contribution in [0, 0.1) is 0 Å². The predicted molar refractivity (Wildman–Crippen MR) is 97.8 cm³/mol. The van der Waals surface area contributed by atoms with Crippen molar-refractivity contribution in [3.63, 3.8) is 0 Å². The highest BCUT2D eigenvalue weighted by atomic mass is 16.5. The SMILES string of the molecule is COCc1c(C(=O)O)ncc2[nH]c3cccc(Oc4ccccc4)c3c12. The standard InChI is InChI=1S/C20H16N2O4/c1-25-11-13-17-15(10-21-19(13)20(23)24)22-14-8-5-9-16(18(14)17)26-12-6-3-2-4-7-12/h2-10,22H,11H2,1H3,(H,23,24). The maximum atomic E-state index is 11.6. The van der Waals surface area contributed by atoms with E-state index < -0.39 is 5.97 Å². The van der Waals surface area contributed by atoms with Crippen LogP contribution in [0.4, 0.5) is 0 Å². The van der Waals surface area contributed by atoms with E-state index in [1.807, 2.05) is 48.5 Å². The quantitative estimate of drug-likeness (QED) is 0.560. The number of rotatable bonds is 5. The van der Waals surface area contributed by atoms with Crippen molar-refractivity contribution >= 4 is 27.8 Å². The lowest BCUT2D eigenvalue weighted by molar-refractivity contribution is 0.0685. The molecule has 6 heteroatoms. The summed E-state index contributed by atoms with van der Waals surface area (Å²) in [6.45, 7) is 0.137. The molecule has 2 heterocycles. The zero-order valence-electron chi connectivity index (χ0n) is 14.0. The minimum Gasteiger partial charge on any atom is -0.477 e. The summed E-state index contributed by atoms with van der Waals surface area (Å²) in [4.78, 5) is 19.0. The minimum atomic E-state index is -1.09. The lowest BCUT2D eigenvalue weighted by atomic mass is 10.1. The van der Waals surface area contributed by atoms with Gasteiger partial charge in [-0.1, -0.05) is 24.3 Å². The van der Waals surface area contributed by atoms with Crippen molar-refractivity contribution in [1.82, 2.24) is 9.97 Å². The van der Waals surface area contributed by atoms with Gasteiger partial charge in [0.2, 0.25) is 0 Å². The number of nitrogens with one attached hydrogen (secondary N) is 1. The molecule has 6 nitrogen and oxygen atoms in total. The number of benzene rings is 2. The van der Waals surface area contributed by atoms with Gasteiger partial charge in [-0.05, 0) is 24.3 Å². The lowest BCUT2D eigenvalue weighted by Crippen LogP contribution is -2.07. The molecule has 130 valence electrons. The Morgan fingerprint density at radius 2 is 1.88 bits per heavy atom. The molecule has 0 aliphatic heterocycles. The molecule has 4 rings (SSSR count). The van der Waals surface area contributed by atoms with Crippen molar-refractivity contribution in [2.24, 2.45) is 0 Å². The van der Waals surface area contributed by atoms with E-state index in [0.717, 1.165) is 21.8 Å². The summed E-state index contributed by atoms with van der Waals surface area (Å²) in [5, 5.41) is 11.1. The number of aromatic amines is 1. The molecule has 2 aromatic carbocycles. The number of hydrogen-bond acceptors (Lipinski definition) is 4. The first kappa shape index (κ1) is 16.1. The summed E-state index contributed by atoms with van der Waals surface area (Å²) in [5.41, 5.74) is 2.08. The highest BCUT2D eigenvalue weighted by Gasteiger charge is 2.20. The number of nitrogens with zero attached hydrogens (tertiary/aromatic N) is 1. The molecule has 4 aromatic rings. The van der Waals surface area contributed by atoms with Gasteiger partial charge in [0.25, 0.3) is 0 Å². The van der Waals surface area contributed by atoms with E-state index in [4.69, 9.17) is 9.47 Å². The van der Waals surface area contributed by atoms with Gasteiger partial charge in [-0.3, -0.25) is 0 Å². The third-order valence-electron chi connectivity index (χ3n) is 4.19. The number of para-hydroxylation sites is 1. The van der Waals surface area contributed by atoms with Gasteiger partial charge in [-0.25, -0.2) is 9.78 Å². The van der Waals surface area contributed by atoms with Gasteiger partial charge in [-0.2, -0.15) is 0 Å². The van der Waals surface area contributed by atoms with Crippen LogP contribution in [0.5, 0.6) is 11.5 Å². The Bertz CT molecular complexity index is 1100. The summed E-state index contributed by atoms with van der Waals surface area (Å²) < 4.78 is 11.3. The first-order valence-corrected chi connectivity index (χ1v) is 8.06. The second kappa shape index (κ2) is 6.50. The fourth-order valence-electron chi connectivity index (χ4n) is 3.14. The Morgan fingerprint density at radius 3 is 2.62 bits per heavy atom. The normalized spacial score (nSPS) is 11.1. The maximum Gasteiger partial charge on any atom is 0.354 e. The molecular weight excluding hydrogens is 332 g/mol. The molecule has 2 aromatic heterocycles. The predicted octanol–water partition coefficient (Wildman–Crippen LogP) is 4.35. The van der Waals surface area contributed by atoms with Crippen molar-refractivity contribution in [2.45, 2.75) is 6.61 Å². The van der Waals surface area contributed by atoms with Crippen LogP contribution in [0.25, 0.3) is 21.8 Å². The van der Waals surface area contributed by atoms with Crippen LogP contribution in [-0.2, 0) is 11.3 Å². The van der Waals surface area contributed by atoms with E-state index in [9.17, 15) is 9.90 Å². The van der Waals surface area contributed by atoms with Crippen molar-refractivity contribution in [3.8, 4) is 11.5 Å². The molecule has 0 bridgehead atoms. The highest BCUT2D eigenvalue weighted by Crippen LogP contribution is 2.38. The summed E-state index contributed by atoms with van der Waals surface area (Å²) in [6, 6.07) is 15.1. The Labute approximate surface area is 149 Å². The number of aromatic carboxylic acids is 1. The van der Waals surface area contributed by atoms with Crippen molar-refractivity contribution in [3.05, 3.63) is 66.0 Å². The lowest BCUT2D eigenvalue weighted by Gasteiger charge is -2.10. The molecule has 0 saturated heterocycles. The fraction of sp³-hybridized carbons (Fsp3) is 0.100. The van der Waals surface area contributed by atoms with E-state index in [1.54, 1.807) is 0 Å². The first-order valence-electron chi connectivity index (χ1n) is 8.06. The molecule has 0 atom stereocenters. The molecule has 2 N–H and O–H groups in total. The van der Waals surface area contributed by atoms with Crippen LogP contribution >= 0.6 is 0 Å². The molecule has 0 spiro atoms. The number of methoxy groups -OCH3 is 1. The highest BCUT2D eigenvalue weighted by molar-refractivity contribution is 6.13. The second-order valence-corrected chi connectivity index (χ2v) is 5.83. The number of carbonyl (C=O) groups is 1. The van der Waals surface area contributed by atoms with Crippen molar-refractivity contribution in [2.75, 3.05) is 7.11 Å². The van der Waals surface area contributed by atoms with Gasteiger partial charge in [0.1, 0.15) is 11.5 Å². The number of carboxylic acids is 1. The molecule has 26 heavy (non-hydrogen) atoms. The molecule has 0 saturated carbocycles. The van der Waals surface area contributed by atoms with Crippen LogP contribution in [0.3, 0.4) is 0 Å². The number of hydrogen-bond donors (Lipinski definition) is 2. The Hall–Kier alpha value is -3.38. The monoisotopic (exact) mass is 348 g/mol. The molecule has 0 unspecified atom stereocenters. The molecular formula is C20H16N2O4. The number of ether oxygens (including phenoxy) is 2. The summed E-state index contributed by atoms with van der Waals surface area (Å²) in [5.74, 6) is 0.254. The van der Waals surface area contributed by atoms with Gasteiger partial charge in [0.15, 0.2) is 5.69 Å². The zero-order chi connectivity index (χ0) is 18.1. The Morgan fingerprint density at radius 1 is 1.08 bits per heavy atom. The largest absolute Gasteiger partial charge is 0.477 e. The van der Waals surface area contributed by atoms with Crippen LogP contribution < -0.4 is 4.74 Å². The summed E-state index contributed by atoms with van der Waals surface area (Å²) in [7, 11) is 1.53. The number of pyridine rings is 1. The van der Waals surface area contributed by atoms with Crippen LogP contribution in [0.1, 0.15) is 16.1 Å². The van der Waals surface area contributed by atoms with Gasteiger partial charge >= 0.3 is 5.97 Å². The van der Waals surface area contributed by atoms with E-state index in [2.05, 4.69) is 9.97 Å². The number of aromatic nitrogens is 2. The van der Waals surface area contributed by atoms with Gasteiger partial charge in [-0.15, -0.1) is 0 Å². The summed E-state index contributed by atoms with van der Waals surface area (Å²) in [6.07, 6.45) is 1.53. The molecule has 0 radical (unpaired) electrons. The van der Waals surface area contributed by atoms with E-state index in [0.29, 0.717) is 17.1 Å². The third kappa shape index (κ3) is 2.66. The van der Waals surface area contributed by atoms with E-state index in [1.165, 1.54) is 13.3 Å². The Kier molecular flexibility index (Phi) is 4.02. The van der Waals surface area contributed by atoms with Gasteiger partial charge in [0.05, 0.1) is 29.2 Å². The van der Waals surface area contributed by atoms with Crippen molar-refractivity contribution in [1.29, 1.82) is 0 Å².